The van der Waals surface area contributed by atoms with Crippen molar-refractivity contribution < 1.29 is 38.7 Å². The summed E-state index contributed by atoms with van der Waals surface area (Å²) in [5.41, 5.74) is 1.98. The SMILES string of the molecule is CC(C(=O)O)c1ccc(-c2ccccc2F)cc1.OCCOCCOCCOCCO. The van der Waals surface area contributed by atoms with Gasteiger partial charge in [-0.1, -0.05) is 42.5 Å². The Hall–Kier alpha value is -2.36. The average Bonchev–Trinajstić information content (AvgIpc) is 2.78. The third-order valence-electron chi connectivity index (χ3n) is 4.18. The lowest BCUT2D eigenvalue weighted by molar-refractivity contribution is -0.138. The third-order valence-corrected chi connectivity index (χ3v) is 4.18. The molecule has 31 heavy (non-hydrogen) atoms. The van der Waals surface area contributed by atoms with E-state index in [1.807, 2.05) is 0 Å². The van der Waals surface area contributed by atoms with Gasteiger partial charge in [-0.15, -0.1) is 0 Å². The molecule has 2 rings (SSSR count). The number of carbonyl (C=O) groups is 1. The van der Waals surface area contributed by atoms with Crippen LogP contribution in [0.25, 0.3) is 11.1 Å². The van der Waals surface area contributed by atoms with Crippen LogP contribution in [0.2, 0.25) is 0 Å². The first-order valence-corrected chi connectivity index (χ1v) is 10.0. The minimum absolute atomic E-state index is 0.0413. The van der Waals surface area contributed by atoms with Gasteiger partial charge in [-0.25, -0.2) is 4.39 Å². The predicted molar refractivity (Wildman–Crippen MR) is 115 cm³/mol. The molecule has 1 atom stereocenters. The summed E-state index contributed by atoms with van der Waals surface area (Å²) in [4.78, 5) is 10.8. The van der Waals surface area contributed by atoms with Crippen LogP contribution in [0.3, 0.4) is 0 Å². The highest BCUT2D eigenvalue weighted by molar-refractivity contribution is 5.76. The van der Waals surface area contributed by atoms with Crippen LogP contribution in [-0.4, -0.2) is 74.1 Å². The fourth-order valence-corrected chi connectivity index (χ4v) is 2.46. The molecule has 0 bridgehead atoms. The van der Waals surface area contributed by atoms with Gasteiger partial charge in [-0.05, 0) is 24.1 Å². The van der Waals surface area contributed by atoms with Crippen LogP contribution in [0.15, 0.2) is 48.5 Å². The number of benzene rings is 2. The number of ether oxygens (including phenoxy) is 3. The van der Waals surface area contributed by atoms with E-state index in [1.165, 1.54) is 6.07 Å². The average molecular weight is 438 g/mol. The normalized spacial score (nSPS) is 11.5. The number of halogens is 1. The number of carboxylic acid groups (broad SMARTS) is 1. The van der Waals surface area contributed by atoms with Crippen LogP contribution in [0, 0.1) is 5.82 Å². The van der Waals surface area contributed by atoms with Crippen LogP contribution in [0.1, 0.15) is 18.4 Å². The molecule has 0 aromatic heterocycles. The van der Waals surface area contributed by atoms with Crippen molar-refractivity contribution in [2.75, 3.05) is 52.9 Å². The third kappa shape index (κ3) is 11.0. The van der Waals surface area contributed by atoms with Crippen LogP contribution >= 0.6 is 0 Å². The molecule has 0 aliphatic heterocycles. The van der Waals surface area contributed by atoms with Crippen molar-refractivity contribution in [1.29, 1.82) is 0 Å². The maximum Gasteiger partial charge on any atom is 0.310 e. The Kier molecular flexibility index (Phi) is 14.1. The second-order valence-corrected chi connectivity index (χ2v) is 6.45. The fourth-order valence-electron chi connectivity index (χ4n) is 2.46. The summed E-state index contributed by atoms with van der Waals surface area (Å²) >= 11 is 0. The van der Waals surface area contributed by atoms with E-state index in [1.54, 1.807) is 49.4 Å². The number of hydrogen-bond donors (Lipinski definition) is 3. The molecule has 0 aliphatic carbocycles. The van der Waals surface area contributed by atoms with E-state index in [0.29, 0.717) is 50.8 Å². The van der Waals surface area contributed by atoms with Crippen molar-refractivity contribution in [3.63, 3.8) is 0 Å². The highest BCUT2D eigenvalue weighted by Gasteiger charge is 2.13. The topological polar surface area (TPSA) is 105 Å². The Balaban J connectivity index is 0.000000330. The predicted octanol–water partition coefficient (Wildman–Crippen LogP) is 2.70. The van der Waals surface area contributed by atoms with Crippen molar-refractivity contribution in [3.05, 3.63) is 59.9 Å². The van der Waals surface area contributed by atoms with Crippen molar-refractivity contribution in [1.82, 2.24) is 0 Å². The number of aliphatic hydroxyl groups excluding tert-OH is 2. The van der Waals surface area contributed by atoms with Gasteiger partial charge in [0.1, 0.15) is 5.82 Å². The minimum atomic E-state index is -0.867. The molecule has 0 amide bonds. The second-order valence-electron chi connectivity index (χ2n) is 6.45. The van der Waals surface area contributed by atoms with Crippen molar-refractivity contribution in [2.24, 2.45) is 0 Å². The molecule has 0 fully saturated rings. The van der Waals surface area contributed by atoms with Gasteiger partial charge in [0, 0.05) is 5.56 Å². The molecule has 8 heteroatoms. The van der Waals surface area contributed by atoms with Crippen molar-refractivity contribution >= 4 is 5.97 Å². The second kappa shape index (κ2) is 16.3. The summed E-state index contributed by atoms with van der Waals surface area (Å²) < 4.78 is 28.6. The summed E-state index contributed by atoms with van der Waals surface area (Å²) in [5, 5.41) is 25.6. The first kappa shape index (κ1) is 26.7. The number of aliphatic carboxylic acids is 1. The Morgan fingerprint density at radius 2 is 1.32 bits per heavy atom. The monoisotopic (exact) mass is 438 g/mol. The molecule has 172 valence electrons. The van der Waals surface area contributed by atoms with Crippen LogP contribution in [0.4, 0.5) is 4.39 Å². The lowest BCUT2D eigenvalue weighted by atomic mass is 9.97. The molecule has 0 spiro atoms. The minimum Gasteiger partial charge on any atom is -0.481 e. The highest BCUT2D eigenvalue weighted by atomic mass is 19.1. The highest BCUT2D eigenvalue weighted by Crippen LogP contribution is 2.25. The van der Waals surface area contributed by atoms with E-state index in [-0.39, 0.29) is 19.0 Å². The van der Waals surface area contributed by atoms with E-state index < -0.39 is 11.9 Å². The molecular formula is C23H31FO7. The fraction of sp³-hybridized carbons (Fsp3) is 0.435. The molecule has 2 aromatic carbocycles. The lowest BCUT2D eigenvalue weighted by Crippen LogP contribution is -2.11. The van der Waals surface area contributed by atoms with Gasteiger partial charge in [-0.3, -0.25) is 4.79 Å². The van der Waals surface area contributed by atoms with E-state index in [2.05, 4.69) is 0 Å². The number of hydrogen-bond acceptors (Lipinski definition) is 6. The van der Waals surface area contributed by atoms with Gasteiger partial charge in [0.15, 0.2) is 0 Å². The molecule has 3 N–H and O–H groups in total. The van der Waals surface area contributed by atoms with E-state index in [0.717, 1.165) is 5.56 Å². The van der Waals surface area contributed by atoms with Gasteiger partial charge >= 0.3 is 5.97 Å². The molecule has 0 aliphatic rings. The van der Waals surface area contributed by atoms with Gasteiger partial charge in [0.25, 0.3) is 0 Å². The van der Waals surface area contributed by atoms with Crippen LogP contribution in [-0.2, 0) is 19.0 Å². The molecule has 0 saturated carbocycles. The first-order valence-electron chi connectivity index (χ1n) is 10.0. The van der Waals surface area contributed by atoms with Crippen molar-refractivity contribution in [3.8, 4) is 11.1 Å². The maximum atomic E-state index is 13.6. The summed E-state index contributed by atoms with van der Waals surface area (Å²) in [6.07, 6.45) is 0. The Morgan fingerprint density at radius 3 is 1.77 bits per heavy atom. The van der Waals surface area contributed by atoms with E-state index >= 15 is 0 Å². The molecule has 0 radical (unpaired) electrons. The van der Waals surface area contributed by atoms with Gasteiger partial charge in [0.05, 0.1) is 58.8 Å². The van der Waals surface area contributed by atoms with Crippen LogP contribution in [0.5, 0.6) is 0 Å². The largest absolute Gasteiger partial charge is 0.481 e. The summed E-state index contributed by atoms with van der Waals surface area (Å²) in [6, 6.07) is 13.4. The molecular weight excluding hydrogens is 407 g/mol. The molecule has 1 unspecified atom stereocenters. The molecule has 2 aromatic rings. The zero-order chi connectivity index (χ0) is 22.9. The summed E-state index contributed by atoms with van der Waals surface area (Å²) in [7, 11) is 0. The number of rotatable bonds is 13. The van der Waals surface area contributed by atoms with Gasteiger partial charge in [0.2, 0.25) is 0 Å². The first-order chi connectivity index (χ1) is 15.0. The lowest BCUT2D eigenvalue weighted by Gasteiger charge is -2.08. The van der Waals surface area contributed by atoms with E-state index in [4.69, 9.17) is 29.5 Å². The smallest absolute Gasteiger partial charge is 0.310 e. The Bertz CT molecular complexity index is 727. The maximum absolute atomic E-state index is 13.6. The Morgan fingerprint density at radius 1 is 0.839 bits per heavy atom. The van der Waals surface area contributed by atoms with E-state index in [9.17, 15) is 9.18 Å². The number of aliphatic hydroxyl groups is 2. The molecule has 0 heterocycles. The van der Waals surface area contributed by atoms with Gasteiger partial charge < -0.3 is 29.5 Å². The van der Waals surface area contributed by atoms with Crippen molar-refractivity contribution in [2.45, 2.75) is 12.8 Å². The Labute approximate surface area is 182 Å². The molecule has 0 saturated heterocycles. The van der Waals surface area contributed by atoms with Gasteiger partial charge in [-0.2, -0.15) is 0 Å². The van der Waals surface area contributed by atoms with Crippen LogP contribution < -0.4 is 0 Å². The zero-order valence-electron chi connectivity index (χ0n) is 17.7. The standard InChI is InChI=1S/C15H13FO2.C8H18O5/c1-10(15(17)18)11-6-8-12(9-7-11)13-4-2-3-5-14(13)16;9-1-3-11-5-7-13-8-6-12-4-2-10/h2-10H,1H3,(H,17,18);9-10H,1-8H2. The zero-order valence-corrected chi connectivity index (χ0v) is 17.7. The quantitative estimate of drug-likeness (QED) is 0.413. The summed E-state index contributed by atoms with van der Waals surface area (Å²) in [6.45, 7) is 4.39. The summed E-state index contributed by atoms with van der Waals surface area (Å²) in [5.74, 6) is -1.70. The number of carboxylic acids is 1. The molecule has 7 nitrogen and oxygen atoms in total.